The topological polar surface area (TPSA) is 33.7 Å². The van der Waals surface area contributed by atoms with Crippen LogP contribution in [0.3, 0.4) is 0 Å². The number of hydrogen-bond donors (Lipinski definition) is 1. The number of ether oxygens (including phenoxy) is 2. The van der Waals surface area contributed by atoms with Crippen molar-refractivity contribution in [2.45, 2.75) is 26.5 Å². The first-order chi connectivity index (χ1) is 10.1. The fourth-order valence-electron chi connectivity index (χ4n) is 2.03. The highest BCUT2D eigenvalue weighted by Gasteiger charge is 2.12. The van der Waals surface area contributed by atoms with Crippen LogP contribution in [0.5, 0.6) is 11.5 Å². The lowest BCUT2D eigenvalue weighted by molar-refractivity contribution is -0.0514. The Kier molecular flexibility index (Phi) is 8.00. The highest BCUT2D eigenvalue weighted by Crippen LogP contribution is 2.30. The Labute approximate surface area is 125 Å². The van der Waals surface area contributed by atoms with Crippen LogP contribution in [-0.2, 0) is 6.54 Å². The van der Waals surface area contributed by atoms with Gasteiger partial charge in [-0.15, -0.1) is 0 Å². The Bertz CT molecular complexity index is 417. The van der Waals surface area contributed by atoms with Gasteiger partial charge in [-0.05, 0) is 58.2 Å². The van der Waals surface area contributed by atoms with E-state index in [1.807, 2.05) is 21.0 Å². The summed E-state index contributed by atoms with van der Waals surface area (Å²) in [6, 6.07) is 5.08. The lowest BCUT2D eigenvalue weighted by atomic mass is 10.2. The lowest BCUT2D eigenvalue weighted by Crippen LogP contribution is -2.22. The van der Waals surface area contributed by atoms with Gasteiger partial charge in [-0.25, -0.2) is 0 Å². The van der Waals surface area contributed by atoms with Crippen LogP contribution in [0.2, 0.25) is 0 Å². The third-order valence-corrected chi connectivity index (χ3v) is 2.94. The smallest absolute Gasteiger partial charge is 0.387 e. The van der Waals surface area contributed by atoms with Crippen molar-refractivity contribution < 1.29 is 18.3 Å². The summed E-state index contributed by atoms with van der Waals surface area (Å²) in [5, 5.41) is 3.10. The van der Waals surface area contributed by atoms with Gasteiger partial charge in [0.1, 0.15) is 0 Å². The summed E-state index contributed by atoms with van der Waals surface area (Å²) in [6.07, 6.45) is 1.05. The molecular weight excluding hydrogens is 278 g/mol. The summed E-state index contributed by atoms with van der Waals surface area (Å²) < 4.78 is 34.5. The molecule has 0 radical (unpaired) electrons. The van der Waals surface area contributed by atoms with Crippen LogP contribution in [-0.4, -0.2) is 45.3 Å². The Morgan fingerprint density at radius 2 is 2.05 bits per heavy atom. The first-order valence-electron chi connectivity index (χ1n) is 7.10. The predicted octanol–water partition coefficient (Wildman–Crippen LogP) is 2.73. The molecular formula is C15H24F2N2O2. The third kappa shape index (κ3) is 6.73. The van der Waals surface area contributed by atoms with Gasteiger partial charge in [-0.3, -0.25) is 0 Å². The maximum Gasteiger partial charge on any atom is 0.387 e. The molecule has 0 bridgehead atoms. The van der Waals surface area contributed by atoms with Crippen molar-refractivity contribution >= 4 is 0 Å². The summed E-state index contributed by atoms with van der Waals surface area (Å²) >= 11 is 0. The average Bonchev–Trinajstić information content (AvgIpc) is 2.42. The standard InChI is InChI=1S/C15H24F2N2O2/c1-4-20-14-10-12(6-7-13(14)21-15(16)17)11-19(3)9-5-8-18-2/h6-7,10,15,18H,4-5,8-9,11H2,1-3H3. The van der Waals surface area contributed by atoms with E-state index in [1.165, 1.54) is 6.07 Å². The van der Waals surface area contributed by atoms with Crippen LogP contribution in [0.1, 0.15) is 18.9 Å². The fourth-order valence-corrected chi connectivity index (χ4v) is 2.03. The molecule has 21 heavy (non-hydrogen) atoms. The number of rotatable bonds is 10. The van der Waals surface area contributed by atoms with Crippen LogP contribution >= 0.6 is 0 Å². The highest BCUT2D eigenvalue weighted by atomic mass is 19.3. The monoisotopic (exact) mass is 302 g/mol. The molecule has 0 saturated carbocycles. The number of benzene rings is 1. The fraction of sp³-hybridized carbons (Fsp3) is 0.600. The van der Waals surface area contributed by atoms with Gasteiger partial charge in [-0.2, -0.15) is 8.78 Å². The average molecular weight is 302 g/mol. The molecule has 0 aliphatic heterocycles. The second-order valence-electron chi connectivity index (χ2n) is 4.79. The minimum Gasteiger partial charge on any atom is -0.490 e. The van der Waals surface area contributed by atoms with E-state index < -0.39 is 6.61 Å². The van der Waals surface area contributed by atoms with E-state index in [-0.39, 0.29) is 5.75 Å². The zero-order valence-electron chi connectivity index (χ0n) is 12.9. The van der Waals surface area contributed by atoms with Gasteiger partial charge >= 0.3 is 6.61 Å². The SMILES string of the molecule is CCOc1cc(CN(C)CCCNC)ccc1OC(F)F. The van der Waals surface area contributed by atoms with Gasteiger partial charge in [-0.1, -0.05) is 6.07 Å². The highest BCUT2D eigenvalue weighted by molar-refractivity contribution is 5.43. The van der Waals surface area contributed by atoms with Crippen LogP contribution in [0, 0.1) is 0 Å². The van der Waals surface area contributed by atoms with Gasteiger partial charge in [0, 0.05) is 6.54 Å². The third-order valence-electron chi connectivity index (χ3n) is 2.94. The molecule has 0 amide bonds. The van der Waals surface area contributed by atoms with E-state index in [4.69, 9.17) is 4.74 Å². The molecule has 0 aromatic heterocycles. The molecule has 0 aliphatic rings. The number of hydrogen-bond acceptors (Lipinski definition) is 4. The second-order valence-corrected chi connectivity index (χ2v) is 4.79. The van der Waals surface area contributed by atoms with Crippen molar-refractivity contribution in [2.24, 2.45) is 0 Å². The maximum atomic E-state index is 12.3. The summed E-state index contributed by atoms with van der Waals surface area (Å²) in [7, 11) is 3.95. The van der Waals surface area contributed by atoms with Gasteiger partial charge in [0.25, 0.3) is 0 Å². The summed E-state index contributed by atoms with van der Waals surface area (Å²) in [5.41, 5.74) is 1.01. The molecule has 1 rings (SSSR count). The molecule has 0 aliphatic carbocycles. The van der Waals surface area contributed by atoms with Gasteiger partial charge in [0.2, 0.25) is 0 Å². The Hall–Kier alpha value is -1.40. The first kappa shape index (κ1) is 17.7. The molecule has 120 valence electrons. The quantitative estimate of drug-likeness (QED) is 0.674. The largest absolute Gasteiger partial charge is 0.490 e. The van der Waals surface area contributed by atoms with Crippen LogP contribution < -0.4 is 14.8 Å². The van der Waals surface area contributed by atoms with E-state index in [0.717, 1.165) is 31.6 Å². The summed E-state index contributed by atoms with van der Waals surface area (Å²) in [5.74, 6) is 0.437. The molecule has 1 aromatic carbocycles. The predicted molar refractivity (Wildman–Crippen MR) is 79.1 cm³/mol. The van der Waals surface area contributed by atoms with E-state index in [0.29, 0.717) is 12.4 Å². The van der Waals surface area contributed by atoms with Crippen molar-refractivity contribution in [1.29, 1.82) is 0 Å². The summed E-state index contributed by atoms with van der Waals surface area (Å²) in [4.78, 5) is 2.18. The van der Waals surface area contributed by atoms with Gasteiger partial charge in [0.15, 0.2) is 11.5 Å². The summed E-state index contributed by atoms with van der Waals surface area (Å²) in [6.45, 7) is 2.03. The lowest BCUT2D eigenvalue weighted by Gasteiger charge is -2.18. The molecule has 0 saturated heterocycles. The molecule has 0 unspecified atom stereocenters. The van der Waals surface area contributed by atoms with E-state index in [9.17, 15) is 8.78 Å². The number of nitrogens with one attached hydrogen (secondary N) is 1. The van der Waals surface area contributed by atoms with Crippen molar-refractivity contribution in [1.82, 2.24) is 10.2 Å². The molecule has 4 nitrogen and oxygen atoms in total. The second kappa shape index (κ2) is 9.52. The van der Waals surface area contributed by atoms with Crippen LogP contribution in [0.15, 0.2) is 18.2 Å². The van der Waals surface area contributed by atoms with E-state index in [2.05, 4.69) is 15.0 Å². The van der Waals surface area contributed by atoms with Gasteiger partial charge < -0.3 is 19.7 Å². The molecule has 1 N–H and O–H groups in total. The van der Waals surface area contributed by atoms with Crippen molar-refractivity contribution in [2.75, 3.05) is 33.8 Å². The Morgan fingerprint density at radius 3 is 2.67 bits per heavy atom. The van der Waals surface area contributed by atoms with Crippen molar-refractivity contribution in [3.8, 4) is 11.5 Å². The number of alkyl halides is 2. The van der Waals surface area contributed by atoms with Crippen molar-refractivity contribution in [3.63, 3.8) is 0 Å². The Balaban J connectivity index is 2.68. The van der Waals surface area contributed by atoms with Crippen LogP contribution in [0.25, 0.3) is 0 Å². The van der Waals surface area contributed by atoms with Gasteiger partial charge in [0.05, 0.1) is 6.61 Å². The molecule has 6 heteroatoms. The number of nitrogens with zero attached hydrogens (tertiary/aromatic N) is 1. The van der Waals surface area contributed by atoms with E-state index in [1.54, 1.807) is 12.1 Å². The normalized spacial score (nSPS) is 11.2. The van der Waals surface area contributed by atoms with Crippen molar-refractivity contribution in [3.05, 3.63) is 23.8 Å². The molecule has 0 heterocycles. The maximum absolute atomic E-state index is 12.3. The first-order valence-corrected chi connectivity index (χ1v) is 7.10. The molecule has 0 spiro atoms. The minimum atomic E-state index is -2.85. The minimum absolute atomic E-state index is 0.0773. The van der Waals surface area contributed by atoms with Crippen LogP contribution in [0.4, 0.5) is 8.78 Å². The number of halogens is 2. The zero-order chi connectivity index (χ0) is 15.7. The van der Waals surface area contributed by atoms with E-state index >= 15 is 0 Å². The zero-order valence-corrected chi connectivity index (χ0v) is 12.9. The molecule has 0 atom stereocenters. The molecule has 0 fully saturated rings. The molecule has 1 aromatic rings. The Morgan fingerprint density at radius 1 is 1.29 bits per heavy atom.